The van der Waals surface area contributed by atoms with Crippen molar-refractivity contribution in [2.75, 3.05) is 52.8 Å². The number of aromatic nitrogens is 1. The van der Waals surface area contributed by atoms with Crippen molar-refractivity contribution in [2.24, 2.45) is 0 Å². The van der Waals surface area contributed by atoms with Crippen LogP contribution in [0.4, 0.5) is 5.69 Å². The van der Waals surface area contributed by atoms with Gasteiger partial charge in [0.25, 0.3) is 5.91 Å². The quantitative estimate of drug-likeness (QED) is 0.338. The zero-order valence-electron chi connectivity index (χ0n) is 24.8. The van der Waals surface area contributed by atoms with E-state index in [4.69, 9.17) is 21.7 Å². The predicted octanol–water partition coefficient (Wildman–Crippen LogP) is 3.46. The summed E-state index contributed by atoms with van der Waals surface area (Å²) in [5, 5.41) is 6.97. The average Bonchev–Trinajstić information content (AvgIpc) is 3.41. The summed E-state index contributed by atoms with van der Waals surface area (Å²) in [6.07, 6.45) is 4.37. The van der Waals surface area contributed by atoms with Gasteiger partial charge in [-0.25, -0.2) is 0 Å². The molecule has 3 aromatic rings. The van der Waals surface area contributed by atoms with E-state index >= 15 is 0 Å². The first-order valence-corrected chi connectivity index (χ1v) is 14.8. The van der Waals surface area contributed by atoms with E-state index in [2.05, 4.69) is 20.5 Å². The maximum absolute atomic E-state index is 14.4. The Morgan fingerprint density at radius 3 is 2.53 bits per heavy atom. The van der Waals surface area contributed by atoms with Crippen LogP contribution in [0.1, 0.15) is 30.0 Å². The first kappa shape index (κ1) is 30.2. The summed E-state index contributed by atoms with van der Waals surface area (Å²) in [7, 11) is 5.15. The molecule has 10 nitrogen and oxygen atoms in total. The Morgan fingerprint density at radius 2 is 1.86 bits per heavy atom. The van der Waals surface area contributed by atoms with Crippen molar-refractivity contribution in [3.63, 3.8) is 0 Å². The molecular weight excluding hydrogens is 564 g/mol. The number of pyridine rings is 1. The normalized spacial score (nSPS) is 18.1. The van der Waals surface area contributed by atoms with Crippen molar-refractivity contribution in [3.05, 3.63) is 84.2 Å². The van der Waals surface area contributed by atoms with Crippen LogP contribution in [-0.4, -0.2) is 89.6 Å². The number of carbonyl (C=O) groups is 2. The van der Waals surface area contributed by atoms with Gasteiger partial charge in [-0.2, -0.15) is 0 Å². The van der Waals surface area contributed by atoms with Crippen LogP contribution < -0.4 is 20.1 Å². The molecule has 11 heteroatoms. The second kappa shape index (κ2) is 13.4. The van der Waals surface area contributed by atoms with Gasteiger partial charge in [-0.1, -0.05) is 36.4 Å². The third-order valence-corrected chi connectivity index (χ3v) is 8.67. The van der Waals surface area contributed by atoms with E-state index in [0.717, 1.165) is 11.1 Å². The molecule has 0 bridgehead atoms. The van der Waals surface area contributed by atoms with Crippen LogP contribution in [0.3, 0.4) is 0 Å². The van der Waals surface area contributed by atoms with E-state index in [-0.39, 0.29) is 30.9 Å². The lowest BCUT2D eigenvalue weighted by atomic mass is 9.83. The van der Waals surface area contributed by atoms with Crippen LogP contribution in [0, 0.1) is 0 Å². The number of hydrogen-bond donors (Lipinski definition) is 2. The molecule has 3 heterocycles. The molecule has 1 aromatic heterocycles. The van der Waals surface area contributed by atoms with Crippen molar-refractivity contribution in [1.29, 1.82) is 0 Å². The van der Waals surface area contributed by atoms with Crippen LogP contribution in [0.2, 0.25) is 0 Å². The minimum absolute atomic E-state index is 0.0172. The lowest BCUT2D eigenvalue weighted by molar-refractivity contribution is -0.150. The molecule has 43 heavy (non-hydrogen) atoms. The highest BCUT2D eigenvalue weighted by Crippen LogP contribution is 2.35. The third kappa shape index (κ3) is 6.73. The maximum Gasteiger partial charge on any atom is 0.250 e. The molecule has 5 rings (SSSR count). The molecule has 2 aromatic carbocycles. The number of benzene rings is 2. The molecule has 0 spiro atoms. The fraction of sp³-hybridized carbons (Fsp3) is 0.375. The average molecular weight is 603 g/mol. The molecule has 0 radical (unpaired) electrons. The Hall–Kier alpha value is -4.22. The lowest BCUT2D eigenvalue weighted by Gasteiger charge is -2.47. The number of carbonyl (C=O) groups excluding carboxylic acids is 2. The number of likely N-dealkylation sites (tertiary alicyclic amines) is 1. The SMILES string of the molecule is COc1ccc(NC(=O)C2(N(Cc3cccnc3)C(=O)CN3CC(c4ccccc4)NC3=S)CCN(C)CC2)c(OC)c1. The fourth-order valence-electron chi connectivity index (χ4n) is 5.75. The first-order chi connectivity index (χ1) is 20.8. The van der Waals surface area contributed by atoms with Crippen LogP contribution in [0.15, 0.2) is 73.1 Å². The Balaban J connectivity index is 1.46. The van der Waals surface area contributed by atoms with Gasteiger partial charge in [0.2, 0.25) is 5.91 Å². The van der Waals surface area contributed by atoms with Crippen molar-refractivity contribution in [1.82, 2.24) is 25.0 Å². The molecule has 2 fully saturated rings. The molecule has 1 unspecified atom stereocenters. The monoisotopic (exact) mass is 602 g/mol. The molecule has 2 aliphatic heterocycles. The first-order valence-electron chi connectivity index (χ1n) is 14.3. The number of ether oxygens (including phenoxy) is 2. The number of nitrogens with one attached hydrogen (secondary N) is 2. The van der Waals surface area contributed by atoms with Gasteiger partial charge >= 0.3 is 0 Å². The van der Waals surface area contributed by atoms with Gasteiger partial charge in [0.1, 0.15) is 17.0 Å². The van der Waals surface area contributed by atoms with E-state index in [1.165, 1.54) is 0 Å². The number of piperidine rings is 1. The van der Waals surface area contributed by atoms with E-state index in [9.17, 15) is 9.59 Å². The number of thiocarbonyl (C=S) groups is 1. The molecule has 0 saturated carbocycles. The highest BCUT2D eigenvalue weighted by atomic mass is 32.1. The van der Waals surface area contributed by atoms with Gasteiger partial charge in [-0.3, -0.25) is 14.6 Å². The Labute approximate surface area is 258 Å². The number of rotatable bonds is 10. The zero-order chi connectivity index (χ0) is 30.4. The Morgan fingerprint density at radius 1 is 1.09 bits per heavy atom. The Bertz CT molecular complexity index is 1430. The van der Waals surface area contributed by atoms with Crippen LogP contribution >= 0.6 is 12.2 Å². The number of hydrogen-bond acceptors (Lipinski definition) is 7. The minimum Gasteiger partial charge on any atom is -0.497 e. The summed E-state index contributed by atoms with van der Waals surface area (Å²) in [5.41, 5.74) is 1.34. The summed E-state index contributed by atoms with van der Waals surface area (Å²) in [5.74, 6) is 0.649. The second-order valence-corrected chi connectivity index (χ2v) is 11.4. The molecule has 2 saturated heterocycles. The summed E-state index contributed by atoms with van der Waals surface area (Å²) in [6.45, 7) is 2.15. The molecule has 0 aliphatic carbocycles. The van der Waals surface area contributed by atoms with E-state index in [1.54, 1.807) is 49.7 Å². The number of amides is 2. The van der Waals surface area contributed by atoms with Gasteiger partial charge in [0.05, 0.1) is 32.5 Å². The number of methoxy groups -OCH3 is 2. The molecular formula is C32H38N6O4S. The summed E-state index contributed by atoms with van der Waals surface area (Å²) < 4.78 is 10.9. The molecule has 1 atom stereocenters. The van der Waals surface area contributed by atoms with Crippen LogP contribution in [-0.2, 0) is 16.1 Å². The number of nitrogens with zero attached hydrogens (tertiary/aromatic N) is 4. The van der Waals surface area contributed by atoms with Gasteiger partial charge in [-0.15, -0.1) is 0 Å². The lowest BCUT2D eigenvalue weighted by Crippen LogP contribution is -2.64. The molecule has 226 valence electrons. The van der Waals surface area contributed by atoms with Gasteiger partial charge in [-0.05, 0) is 61.4 Å². The second-order valence-electron chi connectivity index (χ2n) is 11.0. The predicted molar refractivity (Wildman–Crippen MR) is 169 cm³/mol. The van der Waals surface area contributed by atoms with Crippen molar-refractivity contribution in [3.8, 4) is 11.5 Å². The summed E-state index contributed by atoms with van der Waals surface area (Å²) in [4.78, 5) is 38.9. The smallest absolute Gasteiger partial charge is 0.250 e. The van der Waals surface area contributed by atoms with Crippen molar-refractivity contribution in [2.45, 2.75) is 31.0 Å². The van der Waals surface area contributed by atoms with E-state index < -0.39 is 5.54 Å². The fourth-order valence-corrected chi connectivity index (χ4v) is 6.03. The zero-order valence-corrected chi connectivity index (χ0v) is 25.6. The summed E-state index contributed by atoms with van der Waals surface area (Å²) in [6, 6.07) is 19.0. The highest BCUT2D eigenvalue weighted by molar-refractivity contribution is 7.80. The highest BCUT2D eigenvalue weighted by Gasteiger charge is 2.48. The Kier molecular flexibility index (Phi) is 9.42. The standard InChI is InChI=1S/C32H38N6O4S/c1-36-16-13-32(14-17-36,30(40)34-26-12-11-25(41-2)18-28(26)42-3)38(20-23-8-7-15-33-19-23)29(39)22-37-21-27(35-31(37)43)24-9-5-4-6-10-24/h4-12,15,18-19,27H,13-14,16-17,20-22H2,1-3H3,(H,34,40)(H,35,43). The topological polar surface area (TPSA) is 99.3 Å². The van der Waals surface area contributed by atoms with Crippen LogP contribution in [0.25, 0.3) is 0 Å². The van der Waals surface area contributed by atoms with Gasteiger partial charge < -0.3 is 34.8 Å². The third-order valence-electron chi connectivity index (χ3n) is 8.29. The maximum atomic E-state index is 14.4. The molecule has 2 aliphatic rings. The van der Waals surface area contributed by atoms with E-state index in [1.807, 2.05) is 54.4 Å². The minimum atomic E-state index is -1.11. The van der Waals surface area contributed by atoms with Crippen molar-refractivity contribution < 1.29 is 19.1 Å². The van der Waals surface area contributed by atoms with E-state index in [0.29, 0.717) is 54.8 Å². The largest absolute Gasteiger partial charge is 0.497 e. The molecule has 2 N–H and O–H groups in total. The molecule has 2 amide bonds. The van der Waals surface area contributed by atoms with Gasteiger partial charge in [0.15, 0.2) is 5.11 Å². The van der Waals surface area contributed by atoms with Gasteiger partial charge in [0, 0.05) is 44.6 Å². The van der Waals surface area contributed by atoms with Crippen LogP contribution in [0.5, 0.6) is 11.5 Å². The number of anilines is 1. The summed E-state index contributed by atoms with van der Waals surface area (Å²) >= 11 is 5.66. The van der Waals surface area contributed by atoms with Crippen molar-refractivity contribution >= 4 is 34.8 Å².